The van der Waals surface area contributed by atoms with Crippen LogP contribution in [0.3, 0.4) is 0 Å². The smallest absolute Gasteiger partial charge is 0.223 e. The van der Waals surface area contributed by atoms with E-state index >= 15 is 0 Å². The summed E-state index contributed by atoms with van der Waals surface area (Å²) in [5.41, 5.74) is 7.09. The molecule has 0 aliphatic rings. The SMILES string of the molecule is CCN(Cc1ccccc1)c1nc(N)nc2sccc12. The van der Waals surface area contributed by atoms with Gasteiger partial charge < -0.3 is 10.6 Å². The summed E-state index contributed by atoms with van der Waals surface area (Å²) in [7, 11) is 0. The third-order valence-electron chi connectivity index (χ3n) is 3.22. The highest BCUT2D eigenvalue weighted by Gasteiger charge is 2.13. The standard InChI is InChI=1S/C15H16N4S/c1-2-19(10-11-6-4-3-5-7-11)13-12-8-9-20-14(12)18-15(16)17-13/h3-9H,2,10H2,1H3,(H2,16,17,18). The van der Waals surface area contributed by atoms with Gasteiger partial charge in [-0.05, 0) is 23.9 Å². The molecule has 0 amide bonds. The predicted octanol–water partition coefficient (Wildman–Crippen LogP) is 3.30. The fourth-order valence-corrected chi connectivity index (χ4v) is 3.00. The predicted molar refractivity (Wildman–Crippen MR) is 85.0 cm³/mol. The Kier molecular flexibility index (Phi) is 3.52. The van der Waals surface area contributed by atoms with Crippen LogP contribution in [0.2, 0.25) is 0 Å². The van der Waals surface area contributed by atoms with E-state index < -0.39 is 0 Å². The van der Waals surface area contributed by atoms with Crippen molar-refractivity contribution in [2.24, 2.45) is 0 Å². The molecule has 2 N–H and O–H groups in total. The number of nitrogens with zero attached hydrogens (tertiary/aromatic N) is 3. The van der Waals surface area contributed by atoms with Crippen LogP contribution < -0.4 is 10.6 Å². The first-order valence-corrected chi connectivity index (χ1v) is 7.45. The van der Waals surface area contributed by atoms with Crippen molar-refractivity contribution in [1.29, 1.82) is 0 Å². The maximum atomic E-state index is 5.83. The summed E-state index contributed by atoms with van der Waals surface area (Å²) in [4.78, 5) is 11.9. The van der Waals surface area contributed by atoms with Gasteiger partial charge in [0.2, 0.25) is 5.95 Å². The van der Waals surface area contributed by atoms with Crippen LogP contribution in [-0.4, -0.2) is 16.5 Å². The van der Waals surface area contributed by atoms with E-state index in [1.54, 1.807) is 11.3 Å². The summed E-state index contributed by atoms with van der Waals surface area (Å²) in [6.45, 7) is 3.81. The molecule has 0 spiro atoms. The van der Waals surface area contributed by atoms with Crippen LogP contribution in [0.4, 0.5) is 11.8 Å². The van der Waals surface area contributed by atoms with Gasteiger partial charge in [-0.2, -0.15) is 4.98 Å². The van der Waals surface area contributed by atoms with Gasteiger partial charge in [0.25, 0.3) is 0 Å². The van der Waals surface area contributed by atoms with Crippen molar-refractivity contribution < 1.29 is 0 Å². The minimum absolute atomic E-state index is 0.335. The summed E-state index contributed by atoms with van der Waals surface area (Å²) in [5, 5.41) is 3.10. The quantitative estimate of drug-likeness (QED) is 0.798. The first kappa shape index (κ1) is 12.9. The van der Waals surface area contributed by atoms with Crippen LogP contribution in [0.5, 0.6) is 0 Å². The Morgan fingerprint density at radius 3 is 2.70 bits per heavy atom. The molecule has 2 heterocycles. The van der Waals surface area contributed by atoms with Gasteiger partial charge in [-0.15, -0.1) is 11.3 Å². The molecule has 3 rings (SSSR count). The summed E-state index contributed by atoms with van der Waals surface area (Å²) in [6, 6.07) is 12.4. The lowest BCUT2D eigenvalue weighted by molar-refractivity contribution is 0.818. The number of nitrogen functional groups attached to an aromatic ring is 1. The van der Waals surface area contributed by atoms with Crippen LogP contribution >= 0.6 is 11.3 Å². The Morgan fingerprint density at radius 2 is 1.95 bits per heavy atom. The monoisotopic (exact) mass is 284 g/mol. The van der Waals surface area contributed by atoms with Gasteiger partial charge in [0.05, 0.1) is 5.39 Å². The number of fused-ring (bicyclic) bond motifs is 1. The van der Waals surface area contributed by atoms with Gasteiger partial charge in [-0.25, -0.2) is 4.98 Å². The Hall–Kier alpha value is -2.14. The van der Waals surface area contributed by atoms with E-state index in [1.165, 1.54) is 5.56 Å². The Balaban J connectivity index is 2.01. The maximum Gasteiger partial charge on any atom is 0.223 e. The summed E-state index contributed by atoms with van der Waals surface area (Å²) >= 11 is 1.59. The maximum absolute atomic E-state index is 5.83. The van der Waals surface area contributed by atoms with Crippen LogP contribution in [0.25, 0.3) is 10.2 Å². The van der Waals surface area contributed by atoms with Crippen molar-refractivity contribution in [2.45, 2.75) is 13.5 Å². The van der Waals surface area contributed by atoms with E-state index in [0.29, 0.717) is 5.95 Å². The highest BCUT2D eigenvalue weighted by Crippen LogP contribution is 2.29. The largest absolute Gasteiger partial charge is 0.368 e. The van der Waals surface area contributed by atoms with E-state index in [4.69, 9.17) is 5.73 Å². The third-order valence-corrected chi connectivity index (χ3v) is 4.03. The molecule has 0 aliphatic carbocycles. The first-order valence-electron chi connectivity index (χ1n) is 6.57. The lowest BCUT2D eigenvalue weighted by Crippen LogP contribution is -2.23. The molecule has 0 bridgehead atoms. The molecule has 3 aromatic rings. The number of hydrogen-bond acceptors (Lipinski definition) is 5. The number of nitrogens with two attached hydrogens (primary N) is 1. The molecule has 1 aromatic carbocycles. The number of rotatable bonds is 4. The minimum atomic E-state index is 0.335. The van der Waals surface area contributed by atoms with Crippen LogP contribution in [0.15, 0.2) is 41.8 Å². The van der Waals surface area contributed by atoms with E-state index in [2.05, 4.69) is 52.1 Å². The molecular weight excluding hydrogens is 268 g/mol. The molecule has 102 valence electrons. The topological polar surface area (TPSA) is 55.0 Å². The van der Waals surface area contributed by atoms with Gasteiger partial charge in [0.1, 0.15) is 10.6 Å². The number of thiophene rings is 1. The molecule has 5 heteroatoms. The Bertz CT molecular complexity index is 708. The van der Waals surface area contributed by atoms with Crippen LogP contribution in [-0.2, 0) is 6.54 Å². The average Bonchev–Trinajstić information content (AvgIpc) is 2.93. The molecular formula is C15H16N4S. The molecule has 0 saturated heterocycles. The molecule has 0 fully saturated rings. The van der Waals surface area contributed by atoms with Crippen molar-refractivity contribution in [1.82, 2.24) is 9.97 Å². The van der Waals surface area contributed by atoms with E-state index in [-0.39, 0.29) is 0 Å². The first-order chi connectivity index (χ1) is 9.78. The van der Waals surface area contributed by atoms with Gasteiger partial charge in [-0.3, -0.25) is 0 Å². The molecule has 0 aliphatic heterocycles. The summed E-state index contributed by atoms with van der Waals surface area (Å²) in [5.74, 6) is 1.25. The van der Waals surface area contributed by atoms with Crippen LogP contribution in [0, 0.1) is 0 Å². The molecule has 0 unspecified atom stereocenters. The summed E-state index contributed by atoms with van der Waals surface area (Å²) in [6.07, 6.45) is 0. The zero-order valence-electron chi connectivity index (χ0n) is 11.3. The van der Waals surface area contributed by atoms with Gasteiger partial charge in [0, 0.05) is 13.1 Å². The summed E-state index contributed by atoms with van der Waals surface area (Å²) < 4.78 is 0. The highest BCUT2D eigenvalue weighted by atomic mass is 32.1. The van der Waals surface area contributed by atoms with Gasteiger partial charge >= 0.3 is 0 Å². The fraction of sp³-hybridized carbons (Fsp3) is 0.200. The number of hydrogen-bond donors (Lipinski definition) is 1. The molecule has 20 heavy (non-hydrogen) atoms. The van der Waals surface area contributed by atoms with E-state index in [0.717, 1.165) is 29.1 Å². The molecule has 0 radical (unpaired) electrons. The van der Waals surface area contributed by atoms with Crippen molar-refractivity contribution in [3.8, 4) is 0 Å². The molecule has 0 atom stereocenters. The third kappa shape index (κ3) is 2.44. The lowest BCUT2D eigenvalue weighted by atomic mass is 10.2. The average molecular weight is 284 g/mol. The fourth-order valence-electron chi connectivity index (χ4n) is 2.24. The van der Waals surface area contributed by atoms with Crippen molar-refractivity contribution in [2.75, 3.05) is 17.2 Å². The normalized spacial score (nSPS) is 10.8. The van der Waals surface area contributed by atoms with Gasteiger partial charge in [-0.1, -0.05) is 30.3 Å². The zero-order valence-corrected chi connectivity index (χ0v) is 12.1. The number of benzene rings is 1. The van der Waals surface area contributed by atoms with Crippen molar-refractivity contribution in [3.05, 3.63) is 47.3 Å². The Morgan fingerprint density at radius 1 is 1.15 bits per heavy atom. The Labute approximate surface area is 121 Å². The minimum Gasteiger partial charge on any atom is -0.368 e. The van der Waals surface area contributed by atoms with E-state index in [9.17, 15) is 0 Å². The second-order valence-electron chi connectivity index (χ2n) is 4.54. The van der Waals surface area contributed by atoms with Crippen molar-refractivity contribution in [3.63, 3.8) is 0 Å². The van der Waals surface area contributed by atoms with E-state index in [1.807, 2.05) is 11.4 Å². The number of aromatic nitrogens is 2. The highest BCUT2D eigenvalue weighted by molar-refractivity contribution is 7.16. The second kappa shape index (κ2) is 5.46. The van der Waals surface area contributed by atoms with Gasteiger partial charge in [0.15, 0.2) is 0 Å². The van der Waals surface area contributed by atoms with Crippen LogP contribution in [0.1, 0.15) is 12.5 Å². The second-order valence-corrected chi connectivity index (χ2v) is 5.44. The van der Waals surface area contributed by atoms with Crippen molar-refractivity contribution >= 4 is 33.3 Å². The molecule has 2 aromatic heterocycles. The number of anilines is 2. The zero-order chi connectivity index (χ0) is 13.9. The molecule has 4 nitrogen and oxygen atoms in total. The lowest BCUT2D eigenvalue weighted by Gasteiger charge is -2.23. The molecule has 0 saturated carbocycles.